The maximum absolute atomic E-state index is 5.76. The van der Waals surface area contributed by atoms with Crippen molar-refractivity contribution >= 4 is 8.32 Å². The van der Waals surface area contributed by atoms with E-state index in [4.69, 9.17) is 9.16 Å². The lowest BCUT2D eigenvalue weighted by Gasteiger charge is -2.21. The van der Waals surface area contributed by atoms with E-state index in [0.29, 0.717) is 0 Å². The molecule has 0 rings (SSSR count). The van der Waals surface area contributed by atoms with Gasteiger partial charge in [0, 0.05) is 0 Å². The normalized spacial score (nSPS) is 12.8. The van der Waals surface area contributed by atoms with Crippen LogP contribution in [-0.2, 0) is 9.16 Å². The van der Waals surface area contributed by atoms with E-state index in [2.05, 4.69) is 33.5 Å². The van der Waals surface area contributed by atoms with Gasteiger partial charge in [-0.3, -0.25) is 0 Å². The van der Waals surface area contributed by atoms with Gasteiger partial charge in [0.2, 0.25) is 8.32 Å². The zero-order valence-electron chi connectivity index (χ0n) is 9.52. The van der Waals surface area contributed by atoms with Crippen LogP contribution in [-0.4, -0.2) is 14.9 Å². The van der Waals surface area contributed by atoms with Gasteiger partial charge in [0.1, 0.15) is 0 Å². The highest BCUT2D eigenvalue weighted by atomic mass is 28.4. The van der Waals surface area contributed by atoms with Gasteiger partial charge in [-0.2, -0.15) is 0 Å². The first kappa shape index (κ1) is 12.6. The molecule has 0 spiro atoms. The first-order valence-electron chi connectivity index (χ1n) is 5.01. The van der Waals surface area contributed by atoms with Crippen LogP contribution in [0, 0.1) is 0 Å². The summed E-state index contributed by atoms with van der Waals surface area (Å²) in [5.41, 5.74) is 0. The molecule has 0 bridgehead atoms. The number of ether oxygens (including phenoxy) is 1. The predicted molar refractivity (Wildman–Crippen MR) is 59.0 cm³/mol. The minimum absolute atomic E-state index is 0.725. The van der Waals surface area contributed by atoms with Gasteiger partial charge in [-0.15, -0.1) is 0 Å². The van der Waals surface area contributed by atoms with Crippen molar-refractivity contribution in [1.82, 2.24) is 0 Å². The molecular weight excluding hydrogens is 180 g/mol. The Morgan fingerprint density at radius 1 is 1.23 bits per heavy atom. The number of allylic oxidation sites excluding steroid dienone is 1. The Labute approximate surface area is 83.1 Å². The Hall–Kier alpha value is -0.443. The summed E-state index contributed by atoms with van der Waals surface area (Å²) in [6, 6.07) is 0. The minimum atomic E-state index is -1.50. The second-order valence-electron chi connectivity index (χ2n) is 3.99. The Bertz CT molecular complexity index is 159. The van der Waals surface area contributed by atoms with Crippen LogP contribution in [0.3, 0.4) is 0 Å². The molecule has 0 aliphatic rings. The Kier molecular flexibility index (Phi) is 5.87. The topological polar surface area (TPSA) is 18.5 Å². The standard InChI is InChI=1S/C10H22O2Si/c1-6-8-10(11-9-7-2)12-13(3,4)5/h8H,6-7,9H2,1-5H3. The lowest BCUT2D eigenvalue weighted by Crippen LogP contribution is -2.25. The SMILES string of the molecule is CCC=C(OCCC)O[Si](C)(C)C. The first-order chi connectivity index (χ1) is 5.99. The van der Waals surface area contributed by atoms with Crippen molar-refractivity contribution in [3.63, 3.8) is 0 Å². The molecule has 78 valence electrons. The molecule has 0 atom stereocenters. The average molecular weight is 202 g/mol. The molecule has 0 fully saturated rings. The summed E-state index contributed by atoms with van der Waals surface area (Å²) in [5.74, 6) is 0.725. The summed E-state index contributed by atoms with van der Waals surface area (Å²) in [5, 5.41) is 0. The van der Waals surface area contributed by atoms with Crippen LogP contribution in [0.2, 0.25) is 19.6 Å². The Balaban J connectivity index is 4.03. The van der Waals surface area contributed by atoms with Crippen LogP contribution in [0.15, 0.2) is 12.0 Å². The largest absolute Gasteiger partial charge is 0.520 e. The molecule has 13 heavy (non-hydrogen) atoms. The smallest absolute Gasteiger partial charge is 0.261 e. The molecule has 0 N–H and O–H groups in total. The molecule has 0 saturated heterocycles. The third-order valence-electron chi connectivity index (χ3n) is 1.23. The molecule has 0 aliphatic carbocycles. The second-order valence-corrected chi connectivity index (χ2v) is 8.42. The molecule has 0 amide bonds. The molecule has 2 nitrogen and oxygen atoms in total. The quantitative estimate of drug-likeness (QED) is 0.485. The zero-order valence-corrected chi connectivity index (χ0v) is 10.5. The van der Waals surface area contributed by atoms with Gasteiger partial charge in [0.15, 0.2) is 0 Å². The summed E-state index contributed by atoms with van der Waals surface area (Å²) in [6.07, 6.45) is 3.99. The van der Waals surface area contributed by atoms with E-state index in [1.165, 1.54) is 0 Å². The molecule has 0 saturated carbocycles. The van der Waals surface area contributed by atoms with Crippen molar-refractivity contribution in [2.24, 2.45) is 0 Å². The molecule has 0 heterocycles. The second kappa shape index (κ2) is 6.08. The molecule has 0 aromatic heterocycles. The van der Waals surface area contributed by atoms with Crippen molar-refractivity contribution < 1.29 is 9.16 Å². The molecule has 0 unspecified atom stereocenters. The van der Waals surface area contributed by atoms with Crippen LogP contribution in [0.1, 0.15) is 26.7 Å². The van der Waals surface area contributed by atoms with E-state index < -0.39 is 8.32 Å². The van der Waals surface area contributed by atoms with Gasteiger partial charge in [-0.1, -0.05) is 13.8 Å². The van der Waals surface area contributed by atoms with Crippen LogP contribution in [0.4, 0.5) is 0 Å². The van der Waals surface area contributed by atoms with Crippen molar-refractivity contribution in [2.75, 3.05) is 6.61 Å². The molecule has 0 aromatic rings. The summed E-state index contributed by atoms with van der Waals surface area (Å²) < 4.78 is 11.2. The lowest BCUT2D eigenvalue weighted by molar-refractivity contribution is 0.102. The molecule has 0 radical (unpaired) electrons. The maximum atomic E-state index is 5.76. The van der Waals surface area contributed by atoms with E-state index in [-0.39, 0.29) is 0 Å². The van der Waals surface area contributed by atoms with Crippen molar-refractivity contribution in [3.05, 3.63) is 12.0 Å². The first-order valence-corrected chi connectivity index (χ1v) is 8.42. The van der Waals surface area contributed by atoms with Gasteiger partial charge in [0.05, 0.1) is 6.61 Å². The highest BCUT2D eigenvalue weighted by molar-refractivity contribution is 6.69. The summed E-state index contributed by atoms with van der Waals surface area (Å²) in [4.78, 5) is 0. The summed E-state index contributed by atoms with van der Waals surface area (Å²) in [6.45, 7) is 11.4. The fourth-order valence-corrected chi connectivity index (χ4v) is 1.55. The molecular formula is C10H22O2Si. The molecule has 0 aromatic carbocycles. The summed E-state index contributed by atoms with van der Waals surface area (Å²) >= 11 is 0. The lowest BCUT2D eigenvalue weighted by atomic mass is 10.5. The maximum Gasteiger partial charge on any atom is 0.261 e. The monoisotopic (exact) mass is 202 g/mol. The predicted octanol–water partition coefficient (Wildman–Crippen LogP) is 3.52. The van der Waals surface area contributed by atoms with Gasteiger partial charge < -0.3 is 9.16 Å². The van der Waals surface area contributed by atoms with E-state index in [9.17, 15) is 0 Å². The average Bonchev–Trinajstić information content (AvgIpc) is 1.98. The van der Waals surface area contributed by atoms with Crippen LogP contribution < -0.4 is 0 Å². The van der Waals surface area contributed by atoms with E-state index >= 15 is 0 Å². The van der Waals surface area contributed by atoms with E-state index in [1.54, 1.807) is 0 Å². The van der Waals surface area contributed by atoms with Crippen molar-refractivity contribution in [1.29, 1.82) is 0 Å². The van der Waals surface area contributed by atoms with Crippen LogP contribution in [0.5, 0.6) is 0 Å². The highest BCUT2D eigenvalue weighted by Gasteiger charge is 2.18. The van der Waals surface area contributed by atoms with Crippen LogP contribution >= 0.6 is 0 Å². The van der Waals surface area contributed by atoms with Crippen molar-refractivity contribution in [2.45, 2.75) is 46.3 Å². The minimum Gasteiger partial charge on any atom is -0.520 e. The third-order valence-corrected chi connectivity index (χ3v) is 2.04. The van der Waals surface area contributed by atoms with Crippen molar-refractivity contribution in [3.8, 4) is 0 Å². The van der Waals surface area contributed by atoms with Gasteiger partial charge in [-0.25, -0.2) is 0 Å². The number of rotatable bonds is 6. The van der Waals surface area contributed by atoms with E-state index in [0.717, 1.165) is 25.4 Å². The molecule has 3 heteroatoms. The van der Waals surface area contributed by atoms with Gasteiger partial charge >= 0.3 is 0 Å². The molecule has 0 aliphatic heterocycles. The highest BCUT2D eigenvalue weighted by Crippen LogP contribution is 2.12. The zero-order chi connectivity index (χ0) is 10.3. The number of hydrogen-bond donors (Lipinski definition) is 0. The fourth-order valence-electron chi connectivity index (χ4n) is 0.801. The fraction of sp³-hybridized carbons (Fsp3) is 0.800. The van der Waals surface area contributed by atoms with Gasteiger partial charge in [0.25, 0.3) is 5.95 Å². The Morgan fingerprint density at radius 2 is 1.85 bits per heavy atom. The third kappa shape index (κ3) is 7.90. The van der Waals surface area contributed by atoms with Gasteiger partial charge in [-0.05, 0) is 38.6 Å². The summed E-state index contributed by atoms with van der Waals surface area (Å²) in [7, 11) is -1.50. The van der Waals surface area contributed by atoms with Crippen LogP contribution in [0.25, 0.3) is 0 Å². The number of hydrogen-bond acceptors (Lipinski definition) is 2. The van der Waals surface area contributed by atoms with E-state index in [1.807, 2.05) is 6.08 Å². The Morgan fingerprint density at radius 3 is 2.23 bits per heavy atom.